The molecule has 2 aromatic rings. The molecule has 142 valence electrons. The monoisotopic (exact) mass is 390 g/mol. The number of halogens is 1. The summed E-state index contributed by atoms with van der Waals surface area (Å²) >= 11 is 5.98. The Morgan fingerprint density at radius 3 is 2.48 bits per heavy atom. The number of amides is 2. The average molecular weight is 391 g/mol. The molecule has 2 aromatic carbocycles. The molecule has 0 fully saturated rings. The zero-order valence-corrected chi connectivity index (χ0v) is 15.8. The van der Waals surface area contributed by atoms with Crippen LogP contribution in [-0.4, -0.2) is 25.7 Å². The van der Waals surface area contributed by atoms with E-state index in [4.69, 9.17) is 25.8 Å². The summed E-state index contributed by atoms with van der Waals surface area (Å²) in [5, 5.41) is 5.86. The van der Waals surface area contributed by atoms with Crippen LogP contribution in [0.3, 0.4) is 0 Å². The molecule has 0 saturated carbocycles. The number of ether oxygens (including phenoxy) is 3. The standard InChI is InChI=1S/C19H19ClN2O5/c1-19(2,18(24)22-13-8-11(20)4-6-14(13)25-3)17(23)21-12-5-7-15-16(9-12)27-10-26-15/h4-9H,10H2,1-3H3,(H,21,23)(H,22,24). The van der Waals surface area contributed by atoms with E-state index in [1.54, 1.807) is 36.4 Å². The Balaban J connectivity index is 1.73. The van der Waals surface area contributed by atoms with Crippen molar-refractivity contribution in [3.05, 3.63) is 41.4 Å². The topological polar surface area (TPSA) is 85.9 Å². The maximum absolute atomic E-state index is 12.7. The lowest BCUT2D eigenvalue weighted by Crippen LogP contribution is -2.41. The van der Waals surface area contributed by atoms with Crippen LogP contribution in [0.1, 0.15) is 13.8 Å². The van der Waals surface area contributed by atoms with E-state index in [0.717, 1.165) is 0 Å². The zero-order valence-electron chi connectivity index (χ0n) is 15.1. The normalized spacial score (nSPS) is 12.4. The summed E-state index contributed by atoms with van der Waals surface area (Å²) in [4.78, 5) is 25.4. The molecule has 2 amide bonds. The van der Waals surface area contributed by atoms with Crippen molar-refractivity contribution in [1.82, 2.24) is 0 Å². The first-order chi connectivity index (χ1) is 12.8. The van der Waals surface area contributed by atoms with Gasteiger partial charge in [-0.1, -0.05) is 11.6 Å². The summed E-state index contributed by atoms with van der Waals surface area (Å²) in [7, 11) is 1.48. The van der Waals surface area contributed by atoms with E-state index in [0.29, 0.717) is 33.6 Å². The summed E-state index contributed by atoms with van der Waals surface area (Å²) in [5.74, 6) is 0.623. The largest absolute Gasteiger partial charge is 0.495 e. The minimum absolute atomic E-state index is 0.141. The van der Waals surface area contributed by atoms with Gasteiger partial charge in [-0.2, -0.15) is 0 Å². The smallest absolute Gasteiger partial charge is 0.239 e. The first kappa shape index (κ1) is 18.8. The molecule has 0 atom stereocenters. The molecule has 0 saturated heterocycles. The molecule has 7 nitrogen and oxygen atoms in total. The van der Waals surface area contributed by atoms with Gasteiger partial charge in [0, 0.05) is 16.8 Å². The SMILES string of the molecule is COc1ccc(Cl)cc1NC(=O)C(C)(C)C(=O)Nc1ccc2c(c1)OCO2. The van der Waals surface area contributed by atoms with Gasteiger partial charge in [-0.15, -0.1) is 0 Å². The van der Waals surface area contributed by atoms with E-state index in [9.17, 15) is 9.59 Å². The van der Waals surface area contributed by atoms with Crippen LogP contribution in [0.15, 0.2) is 36.4 Å². The third-order valence-corrected chi connectivity index (χ3v) is 4.41. The fourth-order valence-corrected chi connectivity index (χ4v) is 2.59. The summed E-state index contributed by atoms with van der Waals surface area (Å²) < 4.78 is 15.7. The second-order valence-corrected chi connectivity index (χ2v) is 6.88. The van der Waals surface area contributed by atoms with Crippen LogP contribution in [-0.2, 0) is 9.59 Å². The minimum Gasteiger partial charge on any atom is -0.495 e. The number of methoxy groups -OCH3 is 1. The van der Waals surface area contributed by atoms with Crippen LogP contribution in [0.25, 0.3) is 0 Å². The van der Waals surface area contributed by atoms with Crippen LogP contribution in [0.5, 0.6) is 17.2 Å². The van der Waals surface area contributed by atoms with Gasteiger partial charge < -0.3 is 24.8 Å². The van der Waals surface area contributed by atoms with E-state index < -0.39 is 17.2 Å². The molecular weight excluding hydrogens is 372 g/mol. The Kier molecular flexibility index (Phi) is 5.14. The highest BCUT2D eigenvalue weighted by Gasteiger charge is 2.36. The maximum atomic E-state index is 12.7. The van der Waals surface area contributed by atoms with Gasteiger partial charge >= 0.3 is 0 Å². The fraction of sp³-hybridized carbons (Fsp3) is 0.263. The Labute approximate surface area is 161 Å². The molecule has 27 heavy (non-hydrogen) atoms. The van der Waals surface area contributed by atoms with Crippen molar-refractivity contribution < 1.29 is 23.8 Å². The van der Waals surface area contributed by atoms with Crippen LogP contribution in [0, 0.1) is 5.41 Å². The van der Waals surface area contributed by atoms with Gasteiger partial charge in [0.2, 0.25) is 18.6 Å². The van der Waals surface area contributed by atoms with Crippen molar-refractivity contribution in [3.63, 3.8) is 0 Å². The highest BCUT2D eigenvalue weighted by Crippen LogP contribution is 2.35. The summed E-state index contributed by atoms with van der Waals surface area (Å²) in [6.07, 6.45) is 0. The Hall–Kier alpha value is -2.93. The number of anilines is 2. The molecule has 8 heteroatoms. The quantitative estimate of drug-likeness (QED) is 0.760. The predicted octanol–water partition coefficient (Wildman–Crippen LogP) is 3.68. The lowest BCUT2D eigenvalue weighted by molar-refractivity contribution is -0.135. The molecule has 0 bridgehead atoms. The Morgan fingerprint density at radius 1 is 1.04 bits per heavy atom. The molecule has 3 rings (SSSR count). The Morgan fingerprint density at radius 2 is 1.74 bits per heavy atom. The number of hydrogen-bond donors (Lipinski definition) is 2. The van der Waals surface area contributed by atoms with Crippen molar-refractivity contribution in [3.8, 4) is 17.2 Å². The van der Waals surface area contributed by atoms with Crippen LogP contribution >= 0.6 is 11.6 Å². The zero-order chi connectivity index (χ0) is 19.6. The average Bonchev–Trinajstić information content (AvgIpc) is 3.09. The lowest BCUT2D eigenvalue weighted by atomic mass is 9.90. The van der Waals surface area contributed by atoms with E-state index >= 15 is 0 Å². The first-order valence-corrected chi connectivity index (χ1v) is 8.55. The van der Waals surface area contributed by atoms with E-state index in [-0.39, 0.29) is 6.79 Å². The van der Waals surface area contributed by atoms with Gasteiger partial charge in [0.1, 0.15) is 11.2 Å². The molecule has 0 unspecified atom stereocenters. The number of nitrogens with one attached hydrogen (secondary N) is 2. The van der Waals surface area contributed by atoms with E-state index in [1.165, 1.54) is 21.0 Å². The summed E-state index contributed by atoms with van der Waals surface area (Å²) in [6, 6.07) is 9.87. The van der Waals surface area contributed by atoms with Gasteiger partial charge in [0.15, 0.2) is 11.5 Å². The third-order valence-electron chi connectivity index (χ3n) is 4.18. The second kappa shape index (κ2) is 7.36. The number of carbonyl (C=O) groups is 2. The lowest BCUT2D eigenvalue weighted by Gasteiger charge is -2.23. The van der Waals surface area contributed by atoms with E-state index in [1.807, 2.05) is 0 Å². The highest BCUT2D eigenvalue weighted by atomic mass is 35.5. The minimum atomic E-state index is -1.36. The van der Waals surface area contributed by atoms with Crippen molar-refractivity contribution in [1.29, 1.82) is 0 Å². The molecule has 1 aliphatic rings. The summed E-state index contributed by atoms with van der Waals surface area (Å²) in [5.41, 5.74) is -0.464. The molecule has 0 spiro atoms. The number of hydrogen-bond acceptors (Lipinski definition) is 5. The van der Waals surface area contributed by atoms with Crippen LogP contribution < -0.4 is 24.8 Å². The summed E-state index contributed by atoms with van der Waals surface area (Å²) in [6.45, 7) is 3.20. The molecule has 2 N–H and O–H groups in total. The molecular formula is C19H19ClN2O5. The van der Waals surface area contributed by atoms with Crippen molar-refractivity contribution in [2.45, 2.75) is 13.8 Å². The third kappa shape index (κ3) is 3.93. The Bertz CT molecular complexity index is 898. The molecule has 0 aliphatic carbocycles. The highest BCUT2D eigenvalue weighted by molar-refractivity contribution is 6.31. The number of carbonyl (C=O) groups excluding carboxylic acids is 2. The van der Waals surface area contributed by atoms with Crippen molar-refractivity contribution in [2.24, 2.45) is 5.41 Å². The number of rotatable bonds is 5. The van der Waals surface area contributed by atoms with Crippen molar-refractivity contribution >= 4 is 34.8 Å². The van der Waals surface area contributed by atoms with Gasteiger partial charge in [-0.05, 0) is 44.2 Å². The second-order valence-electron chi connectivity index (χ2n) is 6.45. The predicted molar refractivity (Wildman–Crippen MR) is 102 cm³/mol. The van der Waals surface area contributed by atoms with Gasteiger partial charge in [-0.3, -0.25) is 9.59 Å². The molecule has 0 radical (unpaired) electrons. The van der Waals surface area contributed by atoms with Crippen LogP contribution in [0.4, 0.5) is 11.4 Å². The first-order valence-electron chi connectivity index (χ1n) is 8.17. The fourth-order valence-electron chi connectivity index (χ4n) is 2.42. The van der Waals surface area contributed by atoms with Gasteiger partial charge in [0.25, 0.3) is 0 Å². The van der Waals surface area contributed by atoms with Gasteiger partial charge in [-0.25, -0.2) is 0 Å². The van der Waals surface area contributed by atoms with Crippen LogP contribution in [0.2, 0.25) is 5.02 Å². The number of benzene rings is 2. The molecule has 1 heterocycles. The number of fused-ring (bicyclic) bond motifs is 1. The molecule has 1 aliphatic heterocycles. The molecule has 0 aromatic heterocycles. The maximum Gasteiger partial charge on any atom is 0.239 e. The van der Waals surface area contributed by atoms with Crippen molar-refractivity contribution in [2.75, 3.05) is 24.5 Å². The van der Waals surface area contributed by atoms with E-state index in [2.05, 4.69) is 10.6 Å². The van der Waals surface area contributed by atoms with Gasteiger partial charge in [0.05, 0.1) is 12.8 Å².